The lowest BCUT2D eigenvalue weighted by molar-refractivity contribution is 0.463. The first kappa shape index (κ1) is 12.2. The number of benzene rings is 1. The summed E-state index contributed by atoms with van der Waals surface area (Å²) in [6.07, 6.45) is 0. The number of hydrogen-bond donors (Lipinski definition) is 1. The van der Waals surface area contributed by atoms with Crippen LogP contribution in [0.25, 0.3) is 0 Å². The number of pyridine rings is 1. The fourth-order valence-electron chi connectivity index (χ4n) is 1.35. The van der Waals surface area contributed by atoms with E-state index in [4.69, 9.17) is 22.1 Å². The molecule has 0 unspecified atom stereocenters. The summed E-state index contributed by atoms with van der Waals surface area (Å²) in [5.41, 5.74) is 7.26. The maximum absolute atomic E-state index is 5.79. The van der Waals surface area contributed by atoms with Crippen LogP contribution >= 0.6 is 27.5 Å². The Morgan fingerprint density at radius 1 is 1.29 bits per heavy atom. The molecule has 2 rings (SSSR count). The van der Waals surface area contributed by atoms with Crippen molar-refractivity contribution in [3.63, 3.8) is 0 Å². The van der Waals surface area contributed by atoms with Gasteiger partial charge in [-0.25, -0.2) is 4.98 Å². The third kappa shape index (κ3) is 3.11. The number of rotatable bonds is 2. The first-order chi connectivity index (χ1) is 8.04. The van der Waals surface area contributed by atoms with Crippen LogP contribution in [0.5, 0.6) is 11.6 Å². The van der Waals surface area contributed by atoms with E-state index < -0.39 is 0 Å². The van der Waals surface area contributed by atoms with Gasteiger partial charge in [0.25, 0.3) is 0 Å². The third-order valence-corrected chi connectivity index (χ3v) is 3.23. The molecule has 0 aliphatic heterocycles. The highest BCUT2D eigenvalue weighted by molar-refractivity contribution is 9.10. The Morgan fingerprint density at radius 3 is 2.71 bits per heavy atom. The molecule has 1 aromatic carbocycles. The highest BCUT2D eigenvalue weighted by atomic mass is 79.9. The van der Waals surface area contributed by atoms with Crippen molar-refractivity contribution >= 4 is 33.2 Å². The van der Waals surface area contributed by atoms with E-state index >= 15 is 0 Å². The minimum Gasteiger partial charge on any atom is -0.439 e. The van der Waals surface area contributed by atoms with Crippen molar-refractivity contribution in [1.29, 1.82) is 0 Å². The number of nitrogens with zero attached hydrogens (tertiary/aromatic N) is 1. The van der Waals surface area contributed by atoms with Gasteiger partial charge in [-0.15, -0.1) is 0 Å². The number of aryl methyl sites for hydroxylation is 1. The van der Waals surface area contributed by atoms with Gasteiger partial charge in [0.1, 0.15) is 10.9 Å². The maximum atomic E-state index is 5.79. The van der Waals surface area contributed by atoms with Crippen molar-refractivity contribution < 1.29 is 4.74 Å². The molecule has 0 bridgehead atoms. The Balaban J connectivity index is 2.28. The smallest absolute Gasteiger partial charge is 0.222 e. The average molecular weight is 314 g/mol. The number of halogens is 2. The summed E-state index contributed by atoms with van der Waals surface area (Å²) in [6, 6.07) is 8.86. The third-order valence-electron chi connectivity index (χ3n) is 2.14. The van der Waals surface area contributed by atoms with E-state index in [9.17, 15) is 0 Å². The fourth-order valence-corrected chi connectivity index (χ4v) is 1.80. The van der Waals surface area contributed by atoms with Crippen LogP contribution in [0.15, 0.2) is 34.8 Å². The van der Waals surface area contributed by atoms with Gasteiger partial charge in [0.2, 0.25) is 5.88 Å². The summed E-state index contributed by atoms with van der Waals surface area (Å²) < 4.78 is 6.61. The summed E-state index contributed by atoms with van der Waals surface area (Å²) in [7, 11) is 0. The maximum Gasteiger partial charge on any atom is 0.222 e. The molecule has 5 heteroatoms. The number of hydrogen-bond acceptors (Lipinski definition) is 3. The van der Waals surface area contributed by atoms with Crippen LogP contribution in [0.3, 0.4) is 0 Å². The Labute approximate surface area is 113 Å². The summed E-state index contributed by atoms with van der Waals surface area (Å²) >= 11 is 9.22. The standard InChI is InChI=1S/C12H10BrClN2O/c1-7-4-9(2-3-10(7)13)17-12-6-8(15)5-11(14)16-12/h2-6H,1H3,(H2,15,16). The molecular formula is C12H10BrClN2O. The lowest BCUT2D eigenvalue weighted by Crippen LogP contribution is -1.92. The number of ether oxygens (including phenoxy) is 1. The molecule has 0 aliphatic rings. The molecule has 17 heavy (non-hydrogen) atoms. The molecule has 2 N–H and O–H groups in total. The highest BCUT2D eigenvalue weighted by Gasteiger charge is 2.03. The lowest BCUT2D eigenvalue weighted by Gasteiger charge is -2.07. The largest absolute Gasteiger partial charge is 0.439 e. The van der Waals surface area contributed by atoms with Crippen molar-refractivity contribution in [1.82, 2.24) is 4.98 Å². The van der Waals surface area contributed by atoms with E-state index in [0.717, 1.165) is 10.0 Å². The Morgan fingerprint density at radius 2 is 2.06 bits per heavy atom. The van der Waals surface area contributed by atoms with Gasteiger partial charge in [0, 0.05) is 16.2 Å². The van der Waals surface area contributed by atoms with Crippen LogP contribution in [0, 0.1) is 6.92 Å². The van der Waals surface area contributed by atoms with Crippen LogP contribution in [-0.2, 0) is 0 Å². The monoisotopic (exact) mass is 312 g/mol. The molecule has 2 aromatic rings. The van der Waals surface area contributed by atoms with Gasteiger partial charge >= 0.3 is 0 Å². The first-order valence-corrected chi connectivity index (χ1v) is 6.09. The Hall–Kier alpha value is -1.26. The minimum absolute atomic E-state index is 0.314. The fraction of sp³-hybridized carbons (Fsp3) is 0.0833. The molecule has 1 aromatic heterocycles. The number of nitrogens with two attached hydrogens (primary N) is 1. The zero-order chi connectivity index (χ0) is 12.4. The van der Waals surface area contributed by atoms with E-state index in [2.05, 4.69) is 20.9 Å². The number of anilines is 1. The molecular weight excluding hydrogens is 304 g/mol. The Bertz CT molecular complexity index is 540. The Kier molecular flexibility index (Phi) is 3.54. The van der Waals surface area contributed by atoms with Crippen molar-refractivity contribution in [2.24, 2.45) is 0 Å². The van der Waals surface area contributed by atoms with Gasteiger partial charge in [-0.1, -0.05) is 27.5 Å². The second kappa shape index (κ2) is 4.94. The van der Waals surface area contributed by atoms with Crippen molar-refractivity contribution in [3.05, 3.63) is 45.5 Å². The van der Waals surface area contributed by atoms with Crippen LogP contribution < -0.4 is 10.5 Å². The quantitative estimate of drug-likeness (QED) is 0.846. The van der Waals surface area contributed by atoms with E-state index in [1.807, 2.05) is 25.1 Å². The number of aromatic nitrogens is 1. The van der Waals surface area contributed by atoms with Crippen LogP contribution in [-0.4, -0.2) is 4.98 Å². The summed E-state index contributed by atoms with van der Waals surface area (Å²) in [4.78, 5) is 4.03. The van der Waals surface area contributed by atoms with Crippen molar-refractivity contribution in [2.45, 2.75) is 6.92 Å². The van der Waals surface area contributed by atoms with Crippen molar-refractivity contribution in [2.75, 3.05) is 5.73 Å². The zero-order valence-electron chi connectivity index (χ0n) is 9.08. The zero-order valence-corrected chi connectivity index (χ0v) is 11.4. The molecule has 1 heterocycles. The molecule has 0 saturated carbocycles. The SMILES string of the molecule is Cc1cc(Oc2cc(N)cc(Cl)n2)ccc1Br. The molecule has 88 valence electrons. The molecule has 0 saturated heterocycles. The molecule has 3 nitrogen and oxygen atoms in total. The van der Waals surface area contributed by atoms with E-state index in [0.29, 0.717) is 22.5 Å². The summed E-state index contributed by atoms with van der Waals surface area (Å²) in [5.74, 6) is 1.08. The van der Waals surface area contributed by atoms with Gasteiger partial charge in [-0.2, -0.15) is 0 Å². The normalized spacial score (nSPS) is 10.3. The van der Waals surface area contributed by atoms with Gasteiger partial charge in [0.05, 0.1) is 0 Å². The molecule has 0 aliphatic carbocycles. The van der Waals surface area contributed by atoms with Gasteiger partial charge in [0.15, 0.2) is 0 Å². The van der Waals surface area contributed by atoms with Gasteiger partial charge in [-0.3, -0.25) is 0 Å². The predicted octanol–water partition coefficient (Wildman–Crippen LogP) is 4.18. The van der Waals surface area contributed by atoms with Crippen molar-refractivity contribution in [3.8, 4) is 11.6 Å². The second-order valence-electron chi connectivity index (χ2n) is 3.57. The molecule has 0 fully saturated rings. The summed E-state index contributed by atoms with van der Waals surface area (Å²) in [6.45, 7) is 1.98. The molecule has 0 atom stereocenters. The molecule has 0 spiro atoms. The first-order valence-electron chi connectivity index (χ1n) is 4.91. The number of nitrogen functional groups attached to an aromatic ring is 1. The van der Waals surface area contributed by atoms with E-state index in [-0.39, 0.29) is 0 Å². The lowest BCUT2D eigenvalue weighted by atomic mass is 10.2. The predicted molar refractivity (Wildman–Crippen MR) is 72.6 cm³/mol. The highest BCUT2D eigenvalue weighted by Crippen LogP contribution is 2.27. The van der Waals surface area contributed by atoms with E-state index in [1.165, 1.54) is 0 Å². The average Bonchev–Trinajstić information content (AvgIpc) is 2.22. The van der Waals surface area contributed by atoms with Gasteiger partial charge in [-0.05, 0) is 36.8 Å². The second-order valence-corrected chi connectivity index (χ2v) is 4.82. The van der Waals surface area contributed by atoms with Crippen LogP contribution in [0.1, 0.15) is 5.56 Å². The van der Waals surface area contributed by atoms with E-state index in [1.54, 1.807) is 12.1 Å². The van der Waals surface area contributed by atoms with Crippen LogP contribution in [0.4, 0.5) is 5.69 Å². The topological polar surface area (TPSA) is 48.1 Å². The molecule has 0 amide bonds. The van der Waals surface area contributed by atoms with Crippen LogP contribution in [0.2, 0.25) is 5.15 Å². The minimum atomic E-state index is 0.314. The van der Waals surface area contributed by atoms with Gasteiger partial charge < -0.3 is 10.5 Å². The summed E-state index contributed by atoms with van der Waals surface area (Å²) in [5, 5.41) is 0.314. The molecule has 0 radical (unpaired) electrons.